The Kier molecular flexibility index (Phi) is 1.29. The minimum absolute atomic E-state index is 0.364. The number of nitrogens with zero attached hydrogens (tertiary/aromatic N) is 3. The largest absolute Gasteiger partial charge is 0.476 e. The molecule has 0 saturated heterocycles. The molecular formula is C7H7N3O. The van der Waals surface area contributed by atoms with Crippen molar-refractivity contribution in [2.24, 2.45) is 0 Å². The maximum atomic E-state index is 8.37. The Hall–Kier alpha value is -1.50. The Morgan fingerprint density at radius 2 is 2.73 bits per heavy atom. The van der Waals surface area contributed by atoms with Gasteiger partial charge in [-0.3, -0.25) is 0 Å². The molecule has 1 aromatic heterocycles. The van der Waals surface area contributed by atoms with Crippen LogP contribution in [0.5, 0.6) is 5.88 Å². The van der Waals surface area contributed by atoms with Crippen LogP contribution in [0.2, 0.25) is 0 Å². The first kappa shape index (κ1) is 6.23. The van der Waals surface area contributed by atoms with Gasteiger partial charge in [0.15, 0.2) is 0 Å². The van der Waals surface area contributed by atoms with Crippen LogP contribution < -0.4 is 4.74 Å². The van der Waals surface area contributed by atoms with Crippen LogP contribution in [0.25, 0.3) is 0 Å². The third-order valence-electron chi connectivity index (χ3n) is 1.61. The number of ether oxygens (including phenoxy) is 1. The van der Waals surface area contributed by atoms with Crippen LogP contribution in [0.1, 0.15) is 5.69 Å². The summed E-state index contributed by atoms with van der Waals surface area (Å²) in [7, 11) is 0. The van der Waals surface area contributed by atoms with Gasteiger partial charge in [0.2, 0.25) is 5.88 Å². The summed E-state index contributed by atoms with van der Waals surface area (Å²) in [5.74, 6) is 0.787. The van der Waals surface area contributed by atoms with E-state index in [1.807, 2.05) is 12.1 Å². The predicted molar refractivity (Wildman–Crippen MR) is 37.0 cm³/mol. The Labute approximate surface area is 64.0 Å². The first-order chi connectivity index (χ1) is 5.40. The van der Waals surface area contributed by atoms with Gasteiger partial charge >= 0.3 is 0 Å². The average Bonchev–Trinajstić information content (AvgIpc) is 2.46. The highest BCUT2D eigenvalue weighted by molar-refractivity contribution is 5.20. The molecule has 0 amide bonds. The second kappa shape index (κ2) is 2.27. The smallest absolute Gasteiger partial charge is 0.212 e. The fourth-order valence-electron chi connectivity index (χ4n) is 1.13. The Morgan fingerprint density at radius 3 is 3.45 bits per heavy atom. The molecule has 0 saturated carbocycles. The summed E-state index contributed by atoms with van der Waals surface area (Å²) in [6.07, 6.45) is 0.364. The first-order valence-corrected chi connectivity index (χ1v) is 3.46. The highest BCUT2D eigenvalue weighted by Crippen LogP contribution is 2.18. The summed E-state index contributed by atoms with van der Waals surface area (Å²) < 4.78 is 7.00. The van der Waals surface area contributed by atoms with Crippen LogP contribution >= 0.6 is 0 Å². The van der Waals surface area contributed by atoms with Gasteiger partial charge in [0, 0.05) is 6.07 Å². The lowest BCUT2D eigenvalue weighted by Crippen LogP contribution is -1.97. The van der Waals surface area contributed by atoms with Crippen molar-refractivity contribution >= 4 is 0 Å². The molecule has 1 aromatic rings. The quantitative estimate of drug-likeness (QED) is 0.578. The molecule has 0 bridgehead atoms. The van der Waals surface area contributed by atoms with Crippen molar-refractivity contribution < 1.29 is 4.74 Å². The molecule has 0 fully saturated rings. The van der Waals surface area contributed by atoms with Gasteiger partial charge in [-0.25, -0.2) is 4.68 Å². The van der Waals surface area contributed by atoms with Gasteiger partial charge in [-0.05, 0) is 0 Å². The maximum absolute atomic E-state index is 8.37. The molecule has 11 heavy (non-hydrogen) atoms. The molecule has 0 N–H and O–H groups in total. The van der Waals surface area contributed by atoms with Crippen LogP contribution in [0.3, 0.4) is 0 Å². The summed E-state index contributed by atoms with van der Waals surface area (Å²) in [6, 6.07) is 3.86. The van der Waals surface area contributed by atoms with Gasteiger partial charge in [0.1, 0.15) is 6.61 Å². The molecule has 2 heterocycles. The summed E-state index contributed by atoms with van der Waals surface area (Å²) >= 11 is 0. The molecule has 56 valence electrons. The Morgan fingerprint density at radius 1 is 1.82 bits per heavy atom. The summed E-state index contributed by atoms with van der Waals surface area (Å²) in [4.78, 5) is 0. The lowest BCUT2D eigenvalue weighted by Gasteiger charge is -1.86. The number of hydrogen-bond donors (Lipinski definition) is 0. The van der Waals surface area contributed by atoms with Gasteiger partial charge in [-0.1, -0.05) is 0 Å². The highest BCUT2D eigenvalue weighted by atomic mass is 16.5. The van der Waals surface area contributed by atoms with Crippen molar-refractivity contribution in [1.29, 1.82) is 5.26 Å². The number of hydrogen-bond acceptors (Lipinski definition) is 3. The minimum Gasteiger partial charge on any atom is -0.476 e. The molecule has 0 radical (unpaired) electrons. The van der Waals surface area contributed by atoms with Crippen molar-refractivity contribution in [3.05, 3.63) is 11.8 Å². The number of fused-ring (bicyclic) bond motifs is 1. The van der Waals surface area contributed by atoms with Crippen LogP contribution in [0, 0.1) is 11.3 Å². The van der Waals surface area contributed by atoms with Crippen molar-refractivity contribution in [2.45, 2.75) is 13.0 Å². The molecule has 0 atom stereocenters. The van der Waals surface area contributed by atoms with E-state index in [2.05, 4.69) is 5.10 Å². The van der Waals surface area contributed by atoms with Gasteiger partial charge < -0.3 is 4.74 Å². The number of aromatic nitrogens is 2. The molecule has 0 aromatic carbocycles. The van der Waals surface area contributed by atoms with Crippen LogP contribution in [-0.2, 0) is 13.0 Å². The van der Waals surface area contributed by atoms with E-state index in [0.717, 1.165) is 18.1 Å². The lowest BCUT2D eigenvalue weighted by molar-refractivity contribution is 0.356. The Bertz CT molecular complexity index is 288. The fourth-order valence-corrected chi connectivity index (χ4v) is 1.13. The average molecular weight is 149 g/mol. The van der Waals surface area contributed by atoms with E-state index >= 15 is 0 Å². The zero-order valence-corrected chi connectivity index (χ0v) is 5.95. The van der Waals surface area contributed by atoms with E-state index in [-0.39, 0.29) is 0 Å². The van der Waals surface area contributed by atoms with E-state index in [1.165, 1.54) is 0 Å². The third-order valence-corrected chi connectivity index (χ3v) is 1.61. The van der Waals surface area contributed by atoms with E-state index in [0.29, 0.717) is 13.0 Å². The minimum atomic E-state index is 0.364. The van der Waals surface area contributed by atoms with Crippen molar-refractivity contribution in [3.8, 4) is 11.9 Å². The van der Waals surface area contributed by atoms with Gasteiger partial charge in [-0.15, -0.1) is 0 Å². The van der Waals surface area contributed by atoms with Crippen molar-refractivity contribution in [3.63, 3.8) is 0 Å². The summed E-state index contributed by atoms with van der Waals surface area (Å²) in [5, 5.41) is 12.5. The molecule has 4 heteroatoms. The monoisotopic (exact) mass is 149 g/mol. The standard InChI is InChI=1S/C7H7N3O/c8-2-1-6-5-7-10(9-6)3-4-11-7/h5H,1,3-4H2. The molecule has 0 unspecified atom stereocenters. The topological polar surface area (TPSA) is 50.8 Å². The molecule has 2 rings (SSSR count). The SMILES string of the molecule is N#CCc1cc2n(n1)CCO2. The molecule has 4 nitrogen and oxygen atoms in total. The zero-order chi connectivity index (χ0) is 7.68. The molecule has 1 aliphatic rings. The van der Waals surface area contributed by atoms with Gasteiger partial charge in [-0.2, -0.15) is 10.4 Å². The van der Waals surface area contributed by atoms with Crippen LogP contribution in [-0.4, -0.2) is 16.4 Å². The number of rotatable bonds is 1. The van der Waals surface area contributed by atoms with E-state index in [1.54, 1.807) is 4.68 Å². The van der Waals surface area contributed by atoms with E-state index in [9.17, 15) is 0 Å². The Balaban J connectivity index is 2.29. The van der Waals surface area contributed by atoms with E-state index < -0.39 is 0 Å². The highest BCUT2D eigenvalue weighted by Gasteiger charge is 2.13. The van der Waals surface area contributed by atoms with E-state index in [4.69, 9.17) is 10.00 Å². The normalized spacial score (nSPS) is 13.7. The summed E-state index contributed by atoms with van der Waals surface area (Å²) in [5.41, 5.74) is 0.794. The molecule has 0 spiro atoms. The zero-order valence-electron chi connectivity index (χ0n) is 5.95. The first-order valence-electron chi connectivity index (χ1n) is 3.46. The molecule has 0 aliphatic carbocycles. The fraction of sp³-hybridized carbons (Fsp3) is 0.429. The maximum Gasteiger partial charge on any atom is 0.212 e. The molecular weight excluding hydrogens is 142 g/mol. The van der Waals surface area contributed by atoms with Crippen LogP contribution in [0.15, 0.2) is 6.07 Å². The summed E-state index contributed by atoms with van der Waals surface area (Å²) in [6.45, 7) is 1.51. The third kappa shape index (κ3) is 0.944. The predicted octanol–water partition coefficient (Wildman–Crippen LogP) is 0.342. The number of nitriles is 1. The lowest BCUT2D eigenvalue weighted by atomic mass is 10.3. The second-order valence-corrected chi connectivity index (χ2v) is 2.38. The van der Waals surface area contributed by atoms with Crippen LogP contribution in [0.4, 0.5) is 0 Å². The van der Waals surface area contributed by atoms with Gasteiger partial charge in [0.25, 0.3) is 0 Å². The molecule has 1 aliphatic heterocycles. The second-order valence-electron chi connectivity index (χ2n) is 2.38. The van der Waals surface area contributed by atoms with Gasteiger partial charge in [0.05, 0.1) is 24.7 Å². The van der Waals surface area contributed by atoms with Crippen molar-refractivity contribution in [1.82, 2.24) is 9.78 Å². The van der Waals surface area contributed by atoms with Crippen molar-refractivity contribution in [2.75, 3.05) is 6.61 Å².